The van der Waals surface area contributed by atoms with Crippen LogP contribution in [0, 0.1) is 5.92 Å². The van der Waals surface area contributed by atoms with E-state index >= 15 is 0 Å². The quantitative estimate of drug-likeness (QED) is 0.487. The molecule has 1 saturated heterocycles. The van der Waals surface area contributed by atoms with Crippen molar-refractivity contribution in [1.29, 1.82) is 0 Å². The number of hydrogen-bond acceptors (Lipinski definition) is 1. The highest BCUT2D eigenvalue weighted by molar-refractivity contribution is 6.56. The zero-order chi connectivity index (χ0) is 8.65. The second kappa shape index (κ2) is 2.82. The van der Waals surface area contributed by atoms with E-state index in [0.717, 1.165) is 5.92 Å². The van der Waals surface area contributed by atoms with Crippen LogP contribution in [0.3, 0.4) is 0 Å². The van der Waals surface area contributed by atoms with Crippen LogP contribution in [0.25, 0.3) is 0 Å². The third-order valence-corrected chi connectivity index (χ3v) is 2.73. The summed E-state index contributed by atoms with van der Waals surface area (Å²) in [5.74, 6) is 0.735. The second-order valence-corrected chi connectivity index (χ2v) is 4.91. The van der Waals surface area contributed by atoms with E-state index in [1.165, 1.54) is 6.32 Å². The van der Waals surface area contributed by atoms with Gasteiger partial charge in [0.15, 0.2) is 0 Å². The van der Waals surface area contributed by atoms with E-state index in [2.05, 4.69) is 34.6 Å². The molecule has 11 heavy (non-hydrogen) atoms. The van der Waals surface area contributed by atoms with Crippen LogP contribution in [0.1, 0.15) is 34.6 Å². The van der Waals surface area contributed by atoms with E-state index in [1.807, 2.05) is 0 Å². The van der Waals surface area contributed by atoms with E-state index in [9.17, 15) is 0 Å². The predicted molar refractivity (Wildman–Crippen MR) is 50.0 cm³/mol. The van der Waals surface area contributed by atoms with Crippen molar-refractivity contribution in [3.8, 4) is 0 Å². The summed E-state index contributed by atoms with van der Waals surface area (Å²) in [5.41, 5.74) is 0. The lowest BCUT2D eigenvalue weighted by molar-refractivity contribution is 0.206. The molecule has 2 heteroatoms. The van der Waals surface area contributed by atoms with Crippen LogP contribution in [-0.4, -0.2) is 13.0 Å². The van der Waals surface area contributed by atoms with Crippen molar-refractivity contribution in [2.45, 2.75) is 52.4 Å². The van der Waals surface area contributed by atoms with Crippen molar-refractivity contribution in [2.75, 3.05) is 0 Å². The Balaban J connectivity index is 2.54. The van der Waals surface area contributed by atoms with Crippen molar-refractivity contribution in [3.63, 3.8) is 0 Å². The van der Waals surface area contributed by atoms with Crippen LogP contribution >= 0.6 is 0 Å². The van der Waals surface area contributed by atoms with Gasteiger partial charge < -0.3 is 4.65 Å². The average molecular weight is 154 g/mol. The maximum Gasteiger partial charge on any atom is 0.299 e. The van der Waals surface area contributed by atoms with Gasteiger partial charge in [0.05, 0.1) is 0 Å². The van der Waals surface area contributed by atoms with Gasteiger partial charge in [-0.05, 0) is 24.5 Å². The van der Waals surface area contributed by atoms with Gasteiger partial charge in [0.1, 0.15) is 0 Å². The molecule has 64 valence electrons. The largest absolute Gasteiger partial charge is 0.433 e. The molecule has 0 radical (unpaired) electrons. The third kappa shape index (κ3) is 1.99. The van der Waals surface area contributed by atoms with Crippen LogP contribution in [0.2, 0.25) is 11.6 Å². The first-order valence-corrected chi connectivity index (χ1v) is 4.56. The summed E-state index contributed by atoms with van der Waals surface area (Å²) in [6, 6.07) is 0. The number of rotatable bonds is 0. The maximum absolute atomic E-state index is 5.84. The smallest absolute Gasteiger partial charge is 0.299 e. The molecule has 0 spiro atoms. The van der Waals surface area contributed by atoms with Crippen LogP contribution in [0.4, 0.5) is 0 Å². The zero-order valence-corrected chi connectivity index (χ0v) is 8.35. The van der Waals surface area contributed by atoms with Crippen molar-refractivity contribution in [1.82, 2.24) is 0 Å². The van der Waals surface area contributed by atoms with Gasteiger partial charge in [0, 0.05) is 6.10 Å². The van der Waals surface area contributed by atoms with E-state index in [-0.39, 0.29) is 0 Å². The summed E-state index contributed by atoms with van der Waals surface area (Å²) in [6.07, 6.45) is 1.68. The molecule has 0 N–H and O–H groups in total. The molecular weight excluding hydrogens is 135 g/mol. The van der Waals surface area contributed by atoms with E-state index < -0.39 is 0 Å². The molecule has 0 bridgehead atoms. The summed E-state index contributed by atoms with van der Waals surface area (Å²) in [5, 5.41) is 0.318. The Morgan fingerprint density at radius 3 is 2.00 bits per heavy atom. The molecular formula is C9H19BO. The van der Waals surface area contributed by atoms with Gasteiger partial charge in [0.2, 0.25) is 0 Å². The third-order valence-electron chi connectivity index (χ3n) is 2.73. The van der Waals surface area contributed by atoms with Crippen molar-refractivity contribution in [3.05, 3.63) is 0 Å². The molecule has 0 saturated carbocycles. The van der Waals surface area contributed by atoms with Crippen LogP contribution < -0.4 is 0 Å². The van der Waals surface area contributed by atoms with Crippen LogP contribution in [-0.2, 0) is 4.65 Å². The predicted octanol–water partition coefficient (Wildman–Crippen LogP) is 2.83. The van der Waals surface area contributed by atoms with Crippen LogP contribution in [0.15, 0.2) is 0 Å². The Morgan fingerprint density at radius 1 is 1.27 bits per heavy atom. The molecule has 1 aliphatic rings. The first-order valence-electron chi connectivity index (χ1n) is 4.56. The van der Waals surface area contributed by atoms with E-state index in [1.54, 1.807) is 0 Å². The SMILES string of the molecule is CC1CB(C(C)(C)C)OC1C. The summed E-state index contributed by atoms with van der Waals surface area (Å²) >= 11 is 0. The lowest BCUT2D eigenvalue weighted by atomic mass is 9.46. The van der Waals surface area contributed by atoms with Gasteiger partial charge in [-0.2, -0.15) is 0 Å². The minimum atomic E-state index is 0.318. The van der Waals surface area contributed by atoms with Crippen molar-refractivity contribution >= 4 is 6.92 Å². The van der Waals surface area contributed by atoms with Gasteiger partial charge >= 0.3 is 0 Å². The molecule has 1 rings (SSSR count). The molecule has 2 atom stereocenters. The average Bonchev–Trinajstić information content (AvgIpc) is 2.11. The highest BCUT2D eigenvalue weighted by atomic mass is 16.5. The Morgan fingerprint density at radius 2 is 1.82 bits per heavy atom. The Kier molecular flexibility index (Phi) is 2.33. The fourth-order valence-electron chi connectivity index (χ4n) is 1.54. The first-order chi connectivity index (χ1) is 4.91. The molecule has 1 heterocycles. The summed E-state index contributed by atoms with van der Waals surface area (Å²) in [4.78, 5) is 0. The summed E-state index contributed by atoms with van der Waals surface area (Å²) < 4.78 is 5.84. The number of hydrogen-bond donors (Lipinski definition) is 0. The molecule has 1 fully saturated rings. The highest BCUT2D eigenvalue weighted by Crippen LogP contribution is 2.38. The standard InChI is InChI=1S/C9H19BO/c1-7-6-10(9(3,4)5)11-8(7)2/h7-8H,6H2,1-5H3. The molecule has 1 nitrogen and oxygen atoms in total. The van der Waals surface area contributed by atoms with Gasteiger partial charge in [-0.3, -0.25) is 0 Å². The first kappa shape index (κ1) is 9.12. The van der Waals surface area contributed by atoms with Crippen LogP contribution in [0.5, 0.6) is 0 Å². The second-order valence-electron chi connectivity index (χ2n) is 4.91. The summed E-state index contributed by atoms with van der Waals surface area (Å²) in [7, 11) is 0. The molecule has 2 unspecified atom stereocenters. The minimum absolute atomic E-state index is 0.318. The zero-order valence-electron chi connectivity index (χ0n) is 8.35. The fraction of sp³-hybridized carbons (Fsp3) is 1.00. The van der Waals surface area contributed by atoms with E-state index in [4.69, 9.17) is 4.65 Å². The monoisotopic (exact) mass is 154 g/mol. The maximum atomic E-state index is 5.84. The fourth-order valence-corrected chi connectivity index (χ4v) is 1.54. The Bertz CT molecular complexity index is 129. The topological polar surface area (TPSA) is 9.23 Å². The minimum Gasteiger partial charge on any atom is -0.433 e. The normalized spacial score (nSPS) is 33.0. The van der Waals surface area contributed by atoms with Gasteiger partial charge in [-0.1, -0.05) is 27.7 Å². The molecule has 0 aromatic carbocycles. The lowest BCUT2D eigenvalue weighted by Crippen LogP contribution is -2.25. The van der Waals surface area contributed by atoms with Gasteiger partial charge in [0.25, 0.3) is 6.92 Å². The van der Waals surface area contributed by atoms with Crippen molar-refractivity contribution in [2.24, 2.45) is 5.92 Å². The summed E-state index contributed by atoms with van der Waals surface area (Å²) in [6.45, 7) is 11.7. The Labute approximate surface area is 70.6 Å². The molecule has 0 aromatic heterocycles. The van der Waals surface area contributed by atoms with Gasteiger partial charge in [-0.15, -0.1) is 0 Å². The Hall–Kier alpha value is 0.0249. The molecule has 1 aliphatic heterocycles. The lowest BCUT2D eigenvalue weighted by Gasteiger charge is -2.22. The van der Waals surface area contributed by atoms with Crippen molar-refractivity contribution < 1.29 is 4.65 Å². The molecule has 0 aliphatic carbocycles. The molecule has 0 amide bonds. The van der Waals surface area contributed by atoms with E-state index in [0.29, 0.717) is 18.3 Å². The molecule has 0 aromatic rings. The van der Waals surface area contributed by atoms with Gasteiger partial charge in [-0.25, -0.2) is 0 Å². The highest BCUT2D eigenvalue weighted by Gasteiger charge is 2.40.